The van der Waals surface area contributed by atoms with Crippen LogP contribution < -0.4 is 10.2 Å². The number of allylic oxidation sites excluding steroid dienone is 1. The maximum absolute atomic E-state index is 13.0. The van der Waals surface area contributed by atoms with Crippen LogP contribution in [0.2, 0.25) is 0 Å². The second kappa shape index (κ2) is 9.50. The number of benzene rings is 3. The number of amides is 1. The van der Waals surface area contributed by atoms with E-state index in [-0.39, 0.29) is 11.7 Å². The molecule has 0 unspecified atom stereocenters. The van der Waals surface area contributed by atoms with Crippen LogP contribution in [0.4, 0.5) is 11.4 Å². The molecule has 1 aliphatic rings. The molecule has 3 aromatic carbocycles. The first kappa shape index (κ1) is 23.6. The van der Waals surface area contributed by atoms with E-state index in [1.807, 2.05) is 49.4 Å². The van der Waals surface area contributed by atoms with Crippen LogP contribution in [0.15, 0.2) is 71.2 Å². The third-order valence-corrected chi connectivity index (χ3v) is 6.77. The molecule has 0 bridgehead atoms. The van der Waals surface area contributed by atoms with Gasteiger partial charge in [-0.1, -0.05) is 48.0 Å². The summed E-state index contributed by atoms with van der Waals surface area (Å²) in [5.74, 6) is 0.937. The summed E-state index contributed by atoms with van der Waals surface area (Å²) in [5.41, 5.74) is 7.62. The molecule has 1 amide bonds. The van der Waals surface area contributed by atoms with Gasteiger partial charge in [0.25, 0.3) is 5.91 Å². The summed E-state index contributed by atoms with van der Waals surface area (Å²) in [4.78, 5) is 26.4. The van der Waals surface area contributed by atoms with Gasteiger partial charge in [-0.2, -0.15) is 0 Å². The molecule has 1 aromatic heterocycles. The second-order valence-electron chi connectivity index (χ2n) is 9.53. The predicted octanol–water partition coefficient (Wildman–Crippen LogP) is 7.02. The van der Waals surface area contributed by atoms with Crippen molar-refractivity contribution < 1.29 is 14.0 Å². The highest BCUT2D eigenvalue weighted by Gasteiger charge is 2.30. The first-order chi connectivity index (χ1) is 17.4. The van der Waals surface area contributed by atoms with Crippen LogP contribution in [-0.2, 0) is 4.79 Å². The normalized spacial score (nSPS) is 13.3. The summed E-state index contributed by atoms with van der Waals surface area (Å²) in [6, 6.07) is 20.4. The van der Waals surface area contributed by atoms with Crippen LogP contribution in [-0.4, -0.2) is 25.8 Å². The third kappa shape index (κ3) is 4.57. The molecule has 182 valence electrons. The Morgan fingerprint density at radius 2 is 1.72 bits per heavy atom. The number of furan rings is 1. The molecule has 0 aliphatic heterocycles. The Balaban J connectivity index is 1.62. The van der Waals surface area contributed by atoms with E-state index in [9.17, 15) is 9.59 Å². The highest BCUT2D eigenvalue weighted by molar-refractivity contribution is 6.12. The van der Waals surface area contributed by atoms with Gasteiger partial charge in [0.05, 0.1) is 5.56 Å². The summed E-state index contributed by atoms with van der Waals surface area (Å²) < 4.78 is 6.37. The van der Waals surface area contributed by atoms with E-state index in [1.54, 1.807) is 20.0 Å². The molecule has 1 fully saturated rings. The van der Waals surface area contributed by atoms with Gasteiger partial charge in [0.2, 0.25) is 0 Å². The Hall–Kier alpha value is -4.12. The summed E-state index contributed by atoms with van der Waals surface area (Å²) in [7, 11) is 3.70. The lowest BCUT2D eigenvalue weighted by Crippen LogP contribution is -2.18. The zero-order chi connectivity index (χ0) is 25.4. The molecule has 0 saturated heterocycles. The lowest BCUT2D eigenvalue weighted by Gasteiger charge is -2.23. The van der Waals surface area contributed by atoms with Crippen molar-refractivity contribution in [1.29, 1.82) is 0 Å². The quantitative estimate of drug-likeness (QED) is 0.290. The van der Waals surface area contributed by atoms with E-state index >= 15 is 0 Å². The number of carbonyl (C=O) groups is 2. The van der Waals surface area contributed by atoms with Gasteiger partial charge in [0.1, 0.15) is 11.3 Å². The number of fused-ring (bicyclic) bond motifs is 1. The first-order valence-electron chi connectivity index (χ1n) is 12.3. The summed E-state index contributed by atoms with van der Waals surface area (Å²) in [5, 5.41) is 3.64. The van der Waals surface area contributed by atoms with Crippen molar-refractivity contribution in [1.82, 2.24) is 5.32 Å². The van der Waals surface area contributed by atoms with Gasteiger partial charge >= 0.3 is 0 Å². The topological polar surface area (TPSA) is 62.6 Å². The number of nitrogens with one attached hydrogen (secondary N) is 1. The lowest BCUT2D eigenvalue weighted by atomic mass is 9.99. The van der Waals surface area contributed by atoms with Crippen molar-refractivity contribution >= 4 is 40.1 Å². The standard InChI is InChI=1S/C31H30N2O3/c1-19-5-11-23(12-6-19)30-29(31(35)32-3)26-17-25(22-13-14-22)27(18-28(26)36-30)33(4)24-15-9-21(10-16-24)8-7-20(2)34/h5-12,15-18,22H,13-14H2,1-4H3,(H,32,35)/b8-7+. The average Bonchev–Trinajstić information content (AvgIpc) is 3.67. The molecule has 1 aliphatic carbocycles. The van der Waals surface area contributed by atoms with Gasteiger partial charge in [-0.3, -0.25) is 9.59 Å². The van der Waals surface area contributed by atoms with Gasteiger partial charge in [-0.15, -0.1) is 0 Å². The number of nitrogens with zero attached hydrogens (tertiary/aromatic N) is 1. The van der Waals surface area contributed by atoms with Crippen LogP contribution in [0.25, 0.3) is 28.4 Å². The summed E-state index contributed by atoms with van der Waals surface area (Å²) in [6.07, 6.45) is 5.67. The zero-order valence-electron chi connectivity index (χ0n) is 21.1. The van der Waals surface area contributed by atoms with Gasteiger partial charge in [0.15, 0.2) is 5.78 Å². The number of aryl methyl sites for hydroxylation is 1. The fourth-order valence-corrected chi connectivity index (χ4v) is 4.58. The highest BCUT2D eigenvalue weighted by atomic mass is 16.3. The monoisotopic (exact) mass is 478 g/mol. The Morgan fingerprint density at radius 3 is 2.33 bits per heavy atom. The van der Waals surface area contributed by atoms with Gasteiger partial charge in [-0.05, 0) is 68.0 Å². The predicted molar refractivity (Wildman–Crippen MR) is 146 cm³/mol. The number of anilines is 2. The number of rotatable bonds is 7. The van der Waals surface area contributed by atoms with E-state index in [0.29, 0.717) is 22.8 Å². The fraction of sp³-hybridized carbons (Fsp3) is 0.226. The van der Waals surface area contributed by atoms with Crippen molar-refractivity contribution in [3.05, 3.63) is 89.0 Å². The SMILES string of the molecule is CNC(=O)c1c(-c2ccc(C)cc2)oc2cc(N(C)c3ccc(/C=C/C(C)=O)cc3)c(C3CC3)cc12. The molecule has 1 saturated carbocycles. The minimum Gasteiger partial charge on any atom is -0.455 e. The number of hydrogen-bond donors (Lipinski definition) is 1. The molecule has 0 spiro atoms. The Bertz CT molecular complexity index is 1470. The third-order valence-electron chi connectivity index (χ3n) is 6.77. The van der Waals surface area contributed by atoms with E-state index in [4.69, 9.17) is 4.42 Å². The number of hydrogen-bond acceptors (Lipinski definition) is 4. The number of ketones is 1. The number of carbonyl (C=O) groups excluding carboxylic acids is 2. The molecule has 5 rings (SSSR count). The first-order valence-corrected chi connectivity index (χ1v) is 12.3. The Labute approximate surface area is 211 Å². The smallest absolute Gasteiger partial charge is 0.255 e. The largest absolute Gasteiger partial charge is 0.455 e. The van der Waals surface area contributed by atoms with Crippen molar-refractivity contribution in [2.24, 2.45) is 0 Å². The summed E-state index contributed by atoms with van der Waals surface area (Å²) >= 11 is 0. The molecular weight excluding hydrogens is 448 g/mol. The fourth-order valence-electron chi connectivity index (χ4n) is 4.58. The van der Waals surface area contributed by atoms with Crippen LogP contribution in [0.5, 0.6) is 0 Å². The molecular formula is C31H30N2O3. The molecule has 5 heteroatoms. The molecule has 36 heavy (non-hydrogen) atoms. The molecule has 4 aromatic rings. The zero-order valence-corrected chi connectivity index (χ0v) is 21.1. The van der Waals surface area contributed by atoms with Crippen LogP contribution in [0.3, 0.4) is 0 Å². The lowest BCUT2D eigenvalue weighted by molar-refractivity contribution is -0.112. The van der Waals surface area contributed by atoms with Crippen molar-refractivity contribution in [2.45, 2.75) is 32.6 Å². The molecule has 1 heterocycles. The van der Waals surface area contributed by atoms with E-state index < -0.39 is 0 Å². The second-order valence-corrected chi connectivity index (χ2v) is 9.53. The maximum atomic E-state index is 13.0. The van der Waals surface area contributed by atoms with Gasteiger partial charge < -0.3 is 14.6 Å². The van der Waals surface area contributed by atoms with Gasteiger partial charge in [-0.25, -0.2) is 0 Å². The average molecular weight is 479 g/mol. The van der Waals surface area contributed by atoms with Gasteiger partial charge in [0, 0.05) is 42.5 Å². The van der Waals surface area contributed by atoms with Crippen molar-refractivity contribution in [3.63, 3.8) is 0 Å². The Kier molecular flexibility index (Phi) is 6.23. The van der Waals surface area contributed by atoms with Crippen LogP contribution >= 0.6 is 0 Å². The molecule has 1 N–H and O–H groups in total. The van der Waals surface area contributed by atoms with Crippen molar-refractivity contribution in [2.75, 3.05) is 19.0 Å². The van der Waals surface area contributed by atoms with E-state index in [2.05, 4.69) is 41.5 Å². The molecule has 0 atom stereocenters. The summed E-state index contributed by atoms with van der Waals surface area (Å²) in [6.45, 7) is 3.58. The van der Waals surface area contributed by atoms with E-state index in [0.717, 1.165) is 46.3 Å². The van der Waals surface area contributed by atoms with Crippen molar-refractivity contribution in [3.8, 4) is 11.3 Å². The van der Waals surface area contributed by atoms with E-state index in [1.165, 1.54) is 5.56 Å². The molecule has 0 radical (unpaired) electrons. The maximum Gasteiger partial charge on any atom is 0.255 e. The highest BCUT2D eigenvalue weighted by Crippen LogP contribution is 2.48. The van der Waals surface area contributed by atoms with Crippen LogP contribution in [0, 0.1) is 6.92 Å². The minimum atomic E-state index is -0.151. The van der Waals surface area contributed by atoms with Crippen LogP contribution in [0.1, 0.15) is 52.7 Å². The Morgan fingerprint density at radius 1 is 1.03 bits per heavy atom. The minimum absolute atomic E-state index is 0.0261. The molecule has 5 nitrogen and oxygen atoms in total.